The molecular weight excluding hydrogens is 314 g/mol. The standard InChI is InChI=1S/C15H19N5O2S/c1-3-9-20-14(16)18-19-15(20)23-10-13(21)17-11-7-5-6-8-12(11)22-4-2/h3,5-8H,1,4,9-10H2,2H3,(H2,16,18)(H,17,21). The molecule has 0 aliphatic rings. The smallest absolute Gasteiger partial charge is 0.234 e. The van der Waals surface area contributed by atoms with Crippen molar-refractivity contribution in [3.8, 4) is 5.75 Å². The second kappa shape index (κ2) is 8.23. The summed E-state index contributed by atoms with van der Waals surface area (Å²) in [6, 6.07) is 7.31. The molecule has 0 atom stereocenters. The topological polar surface area (TPSA) is 95.1 Å². The number of anilines is 2. The number of amides is 1. The van der Waals surface area contributed by atoms with Gasteiger partial charge in [-0.05, 0) is 19.1 Å². The number of hydrogen-bond donors (Lipinski definition) is 2. The van der Waals surface area contributed by atoms with Gasteiger partial charge in [-0.2, -0.15) is 0 Å². The van der Waals surface area contributed by atoms with Gasteiger partial charge in [-0.1, -0.05) is 30.0 Å². The van der Waals surface area contributed by atoms with Gasteiger partial charge in [0.1, 0.15) is 5.75 Å². The molecule has 23 heavy (non-hydrogen) atoms. The van der Waals surface area contributed by atoms with Gasteiger partial charge in [0.2, 0.25) is 11.9 Å². The number of carbonyl (C=O) groups excluding carboxylic acids is 1. The van der Waals surface area contributed by atoms with Crippen molar-refractivity contribution >= 4 is 29.3 Å². The number of aromatic nitrogens is 3. The van der Waals surface area contributed by atoms with Crippen molar-refractivity contribution in [1.29, 1.82) is 0 Å². The molecule has 8 heteroatoms. The minimum absolute atomic E-state index is 0.158. The van der Waals surface area contributed by atoms with Crippen molar-refractivity contribution in [2.45, 2.75) is 18.6 Å². The van der Waals surface area contributed by atoms with E-state index < -0.39 is 0 Å². The van der Waals surface area contributed by atoms with Crippen LogP contribution in [0.25, 0.3) is 0 Å². The molecule has 0 saturated carbocycles. The van der Waals surface area contributed by atoms with Crippen molar-refractivity contribution in [2.75, 3.05) is 23.4 Å². The SMILES string of the molecule is C=CCn1c(N)nnc1SCC(=O)Nc1ccccc1OCC. The van der Waals surface area contributed by atoms with Gasteiger partial charge in [-0.15, -0.1) is 16.8 Å². The molecule has 0 bridgehead atoms. The zero-order valence-electron chi connectivity index (χ0n) is 12.9. The number of nitrogens with one attached hydrogen (secondary N) is 1. The lowest BCUT2D eigenvalue weighted by Gasteiger charge is -2.11. The normalized spacial score (nSPS) is 10.3. The van der Waals surface area contributed by atoms with Crippen LogP contribution >= 0.6 is 11.8 Å². The summed E-state index contributed by atoms with van der Waals surface area (Å²) in [5.41, 5.74) is 6.37. The molecule has 0 spiro atoms. The van der Waals surface area contributed by atoms with Crippen molar-refractivity contribution in [3.63, 3.8) is 0 Å². The third-order valence-corrected chi connectivity index (χ3v) is 3.82. The number of allylic oxidation sites excluding steroid dienone is 1. The average Bonchev–Trinajstić information content (AvgIpc) is 2.89. The fraction of sp³-hybridized carbons (Fsp3) is 0.267. The van der Waals surface area contributed by atoms with E-state index in [2.05, 4.69) is 22.1 Å². The first-order valence-corrected chi connectivity index (χ1v) is 8.08. The van der Waals surface area contributed by atoms with Crippen LogP contribution in [0, 0.1) is 0 Å². The summed E-state index contributed by atoms with van der Waals surface area (Å²) >= 11 is 1.26. The van der Waals surface area contributed by atoms with E-state index in [1.54, 1.807) is 16.7 Å². The van der Waals surface area contributed by atoms with Crippen LogP contribution in [0.3, 0.4) is 0 Å². The van der Waals surface area contributed by atoms with E-state index in [0.29, 0.717) is 35.7 Å². The Bertz CT molecular complexity index is 686. The molecule has 0 radical (unpaired) electrons. The van der Waals surface area contributed by atoms with E-state index in [1.807, 2.05) is 25.1 Å². The highest BCUT2D eigenvalue weighted by atomic mass is 32.2. The zero-order chi connectivity index (χ0) is 16.7. The van der Waals surface area contributed by atoms with Crippen LogP contribution in [-0.4, -0.2) is 33.0 Å². The maximum Gasteiger partial charge on any atom is 0.234 e. The molecule has 0 unspecified atom stereocenters. The molecule has 0 saturated heterocycles. The first-order valence-electron chi connectivity index (χ1n) is 7.09. The van der Waals surface area contributed by atoms with Gasteiger partial charge in [0, 0.05) is 6.54 Å². The Morgan fingerprint density at radius 2 is 2.26 bits per heavy atom. The van der Waals surface area contributed by atoms with Gasteiger partial charge in [0.05, 0.1) is 18.0 Å². The first kappa shape index (κ1) is 16.9. The summed E-state index contributed by atoms with van der Waals surface area (Å²) in [6.07, 6.45) is 1.70. The Kier molecular flexibility index (Phi) is 6.04. The molecular formula is C15H19N5O2S. The van der Waals surface area contributed by atoms with Crippen molar-refractivity contribution in [2.24, 2.45) is 0 Å². The molecule has 2 aromatic rings. The first-order chi connectivity index (χ1) is 11.2. The van der Waals surface area contributed by atoms with Crippen molar-refractivity contribution < 1.29 is 9.53 Å². The minimum Gasteiger partial charge on any atom is -0.492 e. The summed E-state index contributed by atoms with van der Waals surface area (Å²) in [4.78, 5) is 12.1. The lowest BCUT2D eigenvalue weighted by atomic mass is 10.3. The fourth-order valence-corrected chi connectivity index (χ4v) is 2.63. The third-order valence-electron chi connectivity index (χ3n) is 2.85. The van der Waals surface area contributed by atoms with Crippen molar-refractivity contribution in [1.82, 2.24) is 14.8 Å². The van der Waals surface area contributed by atoms with E-state index >= 15 is 0 Å². The fourth-order valence-electron chi connectivity index (χ4n) is 1.88. The Morgan fingerprint density at radius 1 is 1.48 bits per heavy atom. The molecule has 1 aromatic carbocycles. The van der Waals surface area contributed by atoms with Crippen LogP contribution in [0.4, 0.5) is 11.6 Å². The number of rotatable bonds is 8. The molecule has 0 fully saturated rings. The Labute approximate surface area is 138 Å². The molecule has 1 amide bonds. The molecule has 0 aliphatic carbocycles. The Hall–Kier alpha value is -2.48. The summed E-state index contributed by atoms with van der Waals surface area (Å²) in [5.74, 6) is 0.978. The molecule has 122 valence electrons. The van der Waals surface area contributed by atoms with Gasteiger partial charge in [0.25, 0.3) is 0 Å². The number of ether oxygens (including phenoxy) is 1. The van der Waals surface area contributed by atoms with Crippen LogP contribution in [-0.2, 0) is 11.3 Å². The minimum atomic E-state index is -0.158. The van der Waals surface area contributed by atoms with Gasteiger partial charge >= 0.3 is 0 Å². The zero-order valence-corrected chi connectivity index (χ0v) is 13.7. The van der Waals surface area contributed by atoms with E-state index in [9.17, 15) is 4.79 Å². The maximum absolute atomic E-state index is 12.1. The molecule has 1 heterocycles. The van der Waals surface area contributed by atoms with Crippen molar-refractivity contribution in [3.05, 3.63) is 36.9 Å². The summed E-state index contributed by atoms with van der Waals surface area (Å²) in [6.45, 7) is 6.59. The second-order valence-electron chi connectivity index (χ2n) is 4.51. The van der Waals surface area contributed by atoms with Gasteiger partial charge in [-0.25, -0.2) is 0 Å². The van der Waals surface area contributed by atoms with E-state index in [-0.39, 0.29) is 11.7 Å². The van der Waals surface area contributed by atoms with Gasteiger partial charge in [0.15, 0.2) is 5.16 Å². The number of hydrogen-bond acceptors (Lipinski definition) is 6. The quantitative estimate of drug-likeness (QED) is 0.568. The molecule has 0 aliphatic heterocycles. The highest BCUT2D eigenvalue weighted by molar-refractivity contribution is 7.99. The monoisotopic (exact) mass is 333 g/mol. The number of thioether (sulfide) groups is 1. The summed E-state index contributed by atoms with van der Waals surface area (Å²) in [7, 11) is 0. The number of benzene rings is 1. The predicted molar refractivity (Wildman–Crippen MR) is 91.6 cm³/mol. The van der Waals surface area contributed by atoms with Crippen LogP contribution < -0.4 is 15.8 Å². The van der Waals surface area contributed by atoms with E-state index in [0.717, 1.165) is 0 Å². The van der Waals surface area contributed by atoms with Gasteiger partial charge < -0.3 is 15.8 Å². The lowest BCUT2D eigenvalue weighted by molar-refractivity contribution is -0.113. The van der Waals surface area contributed by atoms with E-state index in [4.69, 9.17) is 10.5 Å². The maximum atomic E-state index is 12.1. The largest absolute Gasteiger partial charge is 0.492 e. The number of nitrogens with two attached hydrogens (primary N) is 1. The molecule has 2 rings (SSSR count). The molecule has 3 N–H and O–H groups in total. The third kappa shape index (κ3) is 4.49. The van der Waals surface area contributed by atoms with Crippen LogP contribution in [0.5, 0.6) is 5.75 Å². The number of nitrogen functional groups attached to an aromatic ring is 1. The van der Waals surface area contributed by atoms with Crippen LogP contribution in [0.2, 0.25) is 0 Å². The Balaban J connectivity index is 1.97. The highest BCUT2D eigenvalue weighted by Crippen LogP contribution is 2.24. The average molecular weight is 333 g/mol. The number of nitrogens with zero attached hydrogens (tertiary/aromatic N) is 3. The second-order valence-corrected chi connectivity index (χ2v) is 5.45. The predicted octanol–water partition coefficient (Wildman–Crippen LogP) is 2.18. The van der Waals surface area contributed by atoms with Gasteiger partial charge in [-0.3, -0.25) is 9.36 Å². The summed E-state index contributed by atoms with van der Waals surface area (Å²) in [5, 5.41) is 11.2. The van der Waals surface area contributed by atoms with Crippen LogP contribution in [0.1, 0.15) is 6.92 Å². The van der Waals surface area contributed by atoms with E-state index in [1.165, 1.54) is 11.8 Å². The van der Waals surface area contributed by atoms with Crippen LogP contribution in [0.15, 0.2) is 42.1 Å². The summed E-state index contributed by atoms with van der Waals surface area (Å²) < 4.78 is 7.17. The number of carbonyl (C=O) groups is 1. The highest BCUT2D eigenvalue weighted by Gasteiger charge is 2.12. The molecule has 7 nitrogen and oxygen atoms in total. The molecule has 1 aromatic heterocycles. The number of para-hydroxylation sites is 2. The lowest BCUT2D eigenvalue weighted by Crippen LogP contribution is -2.15. The Morgan fingerprint density at radius 3 is 3.00 bits per heavy atom.